The third-order valence-electron chi connectivity index (χ3n) is 3.72. The highest BCUT2D eigenvalue weighted by atomic mass is 19.1. The zero-order valence-electron chi connectivity index (χ0n) is 15.1. The molecule has 7 heteroatoms. The number of ether oxygens (including phenoxy) is 2. The molecule has 27 heavy (non-hydrogen) atoms. The quantitative estimate of drug-likeness (QED) is 0.659. The van der Waals surface area contributed by atoms with Crippen LogP contribution in [0.2, 0.25) is 0 Å². The van der Waals surface area contributed by atoms with Gasteiger partial charge in [0.05, 0.1) is 13.2 Å². The minimum absolute atomic E-state index is 0.150. The van der Waals surface area contributed by atoms with E-state index in [1.54, 1.807) is 30.3 Å². The zero-order valence-corrected chi connectivity index (χ0v) is 15.1. The topological polar surface area (TPSA) is 78.1 Å². The second-order valence-electron chi connectivity index (χ2n) is 5.59. The van der Waals surface area contributed by atoms with E-state index in [1.165, 1.54) is 6.07 Å². The Morgan fingerprint density at radius 2 is 1.74 bits per heavy atom. The molecule has 0 bridgehead atoms. The van der Waals surface area contributed by atoms with Gasteiger partial charge in [-0.25, -0.2) is 8.78 Å². The molecule has 0 radical (unpaired) electrons. The number of benzene rings is 2. The Bertz CT molecular complexity index is 902. The van der Waals surface area contributed by atoms with Gasteiger partial charge in [-0.2, -0.15) is 10.5 Å². The molecule has 5 nitrogen and oxygen atoms in total. The van der Waals surface area contributed by atoms with Crippen LogP contribution in [-0.4, -0.2) is 13.2 Å². The first-order valence-corrected chi connectivity index (χ1v) is 8.55. The van der Waals surface area contributed by atoms with E-state index in [2.05, 4.69) is 5.32 Å². The molecule has 0 saturated heterocycles. The first kappa shape index (κ1) is 20.0. The van der Waals surface area contributed by atoms with Crippen LogP contribution in [-0.2, 0) is 0 Å². The highest BCUT2D eigenvalue weighted by Gasteiger charge is 2.26. The SMILES string of the molecule is CCCCOc1c(F)c(C#N)c(C#N)c(F)c1Nc1cccc(OCC)c1. The highest BCUT2D eigenvalue weighted by molar-refractivity contribution is 5.73. The maximum absolute atomic E-state index is 14.9. The molecule has 0 heterocycles. The monoisotopic (exact) mass is 371 g/mol. The van der Waals surface area contributed by atoms with Crippen LogP contribution in [0.4, 0.5) is 20.2 Å². The Morgan fingerprint density at radius 3 is 2.37 bits per heavy atom. The summed E-state index contributed by atoms with van der Waals surface area (Å²) in [7, 11) is 0. The van der Waals surface area contributed by atoms with Crippen molar-refractivity contribution in [3.05, 3.63) is 47.0 Å². The van der Waals surface area contributed by atoms with Gasteiger partial charge in [-0.3, -0.25) is 0 Å². The molecule has 1 N–H and O–H groups in total. The van der Waals surface area contributed by atoms with Gasteiger partial charge >= 0.3 is 0 Å². The molecule has 0 aliphatic carbocycles. The smallest absolute Gasteiger partial charge is 0.186 e. The van der Waals surface area contributed by atoms with Crippen LogP contribution < -0.4 is 14.8 Å². The lowest BCUT2D eigenvalue weighted by Gasteiger charge is -2.17. The van der Waals surface area contributed by atoms with E-state index in [0.29, 0.717) is 24.5 Å². The molecule has 140 valence electrons. The third-order valence-corrected chi connectivity index (χ3v) is 3.72. The number of hydrogen-bond donors (Lipinski definition) is 1. The molecule has 0 unspecified atom stereocenters. The number of nitrogens with one attached hydrogen (secondary N) is 1. The van der Waals surface area contributed by atoms with Crippen molar-refractivity contribution in [2.75, 3.05) is 18.5 Å². The Balaban J connectivity index is 2.55. The van der Waals surface area contributed by atoms with Crippen molar-refractivity contribution in [1.29, 1.82) is 10.5 Å². The summed E-state index contributed by atoms with van der Waals surface area (Å²) in [5, 5.41) is 21.0. The molecule has 0 amide bonds. The van der Waals surface area contributed by atoms with Crippen molar-refractivity contribution in [3.63, 3.8) is 0 Å². The molecule has 2 aromatic rings. The zero-order chi connectivity index (χ0) is 19.8. The largest absolute Gasteiger partial charge is 0.494 e. The summed E-state index contributed by atoms with van der Waals surface area (Å²) in [6.07, 6.45) is 1.42. The van der Waals surface area contributed by atoms with Gasteiger partial charge in [-0.1, -0.05) is 19.4 Å². The predicted molar refractivity (Wildman–Crippen MR) is 97.1 cm³/mol. The maximum atomic E-state index is 14.9. The van der Waals surface area contributed by atoms with Crippen LogP contribution in [0.5, 0.6) is 11.5 Å². The highest BCUT2D eigenvalue weighted by Crippen LogP contribution is 2.38. The molecule has 0 aliphatic rings. The Labute approximate surface area is 156 Å². The molecule has 0 fully saturated rings. The number of anilines is 2. The van der Waals surface area contributed by atoms with Crippen molar-refractivity contribution in [1.82, 2.24) is 0 Å². The van der Waals surface area contributed by atoms with Crippen molar-refractivity contribution in [3.8, 4) is 23.6 Å². The first-order chi connectivity index (χ1) is 13.1. The molecule has 0 saturated carbocycles. The van der Waals surface area contributed by atoms with Gasteiger partial charge in [0.15, 0.2) is 17.4 Å². The summed E-state index contributed by atoms with van der Waals surface area (Å²) in [6.45, 7) is 4.36. The Hall–Kier alpha value is -3.32. The average molecular weight is 371 g/mol. The van der Waals surface area contributed by atoms with Crippen molar-refractivity contribution in [2.24, 2.45) is 0 Å². The minimum Gasteiger partial charge on any atom is -0.494 e. The minimum atomic E-state index is -1.06. The maximum Gasteiger partial charge on any atom is 0.186 e. The Kier molecular flexibility index (Phi) is 6.96. The van der Waals surface area contributed by atoms with Crippen molar-refractivity contribution >= 4 is 11.4 Å². The lowest BCUT2D eigenvalue weighted by Crippen LogP contribution is -2.09. The molecule has 0 aliphatic heterocycles. The van der Waals surface area contributed by atoms with Gasteiger partial charge in [-0.05, 0) is 25.5 Å². The molecule has 0 aromatic heterocycles. The summed E-state index contributed by atoms with van der Waals surface area (Å²) in [5.74, 6) is -1.97. The molecule has 0 atom stereocenters. The summed E-state index contributed by atoms with van der Waals surface area (Å²) in [5.41, 5.74) is -1.24. The fourth-order valence-electron chi connectivity index (χ4n) is 2.42. The van der Waals surface area contributed by atoms with E-state index in [4.69, 9.17) is 20.0 Å². The number of halogens is 2. The van der Waals surface area contributed by atoms with E-state index in [-0.39, 0.29) is 12.3 Å². The summed E-state index contributed by atoms with van der Waals surface area (Å²) >= 11 is 0. The third kappa shape index (κ3) is 4.45. The van der Waals surface area contributed by atoms with Gasteiger partial charge in [-0.15, -0.1) is 0 Å². The molecule has 0 spiro atoms. The Morgan fingerprint density at radius 1 is 1.04 bits per heavy atom. The van der Waals surface area contributed by atoms with Crippen LogP contribution in [0.3, 0.4) is 0 Å². The lowest BCUT2D eigenvalue weighted by atomic mass is 10.1. The van der Waals surface area contributed by atoms with Crippen LogP contribution in [0.25, 0.3) is 0 Å². The van der Waals surface area contributed by atoms with Gasteiger partial charge < -0.3 is 14.8 Å². The molecular formula is C20H19F2N3O2. The van der Waals surface area contributed by atoms with Gasteiger partial charge in [0.2, 0.25) is 0 Å². The van der Waals surface area contributed by atoms with E-state index in [0.717, 1.165) is 6.42 Å². The summed E-state index contributed by atoms with van der Waals surface area (Å²) < 4.78 is 40.5. The number of hydrogen-bond acceptors (Lipinski definition) is 5. The molecule has 2 aromatic carbocycles. The fourth-order valence-corrected chi connectivity index (χ4v) is 2.42. The van der Waals surface area contributed by atoms with Crippen molar-refractivity contribution in [2.45, 2.75) is 26.7 Å². The van der Waals surface area contributed by atoms with E-state index in [1.807, 2.05) is 13.8 Å². The standard InChI is InChI=1S/C20H19F2N3O2/c1-3-5-9-27-20-18(22)16(12-24)15(11-23)17(21)19(20)25-13-7-6-8-14(10-13)26-4-2/h6-8,10,25H,3-5,9H2,1-2H3. The normalized spacial score (nSPS) is 10.0. The summed E-state index contributed by atoms with van der Waals surface area (Å²) in [6, 6.07) is 9.75. The fraction of sp³-hybridized carbons (Fsp3) is 0.300. The number of unbranched alkanes of at least 4 members (excludes halogenated alkanes) is 1. The number of nitriles is 2. The van der Waals surface area contributed by atoms with Crippen LogP contribution in [0.15, 0.2) is 24.3 Å². The second-order valence-corrected chi connectivity index (χ2v) is 5.59. The van der Waals surface area contributed by atoms with E-state index >= 15 is 0 Å². The number of nitrogens with zero attached hydrogens (tertiary/aromatic N) is 2. The average Bonchev–Trinajstić information content (AvgIpc) is 2.67. The van der Waals surface area contributed by atoms with Crippen molar-refractivity contribution < 1.29 is 18.3 Å². The lowest BCUT2D eigenvalue weighted by molar-refractivity contribution is 0.294. The van der Waals surface area contributed by atoms with Crippen LogP contribution in [0.1, 0.15) is 37.8 Å². The predicted octanol–water partition coefficient (Wildman–Crippen LogP) is 5.03. The molecular weight excluding hydrogens is 352 g/mol. The first-order valence-electron chi connectivity index (χ1n) is 8.55. The van der Waals surface area contributed by atoms with Gasteiger partial charge in [0.1, 0.15) is 34.7 Å². The van der Waals surface area contributed by atoms with Gasteiger partial charge in [0, 0.05) is 11.8 Å². The summed E-state index contributed by atoms with van der Waals surface area (Å²) in [4.78, 5) is 0. The van der Waals surface area contributed by atoms with E-state index < -0.39 is 28.5 Å². The number of rotatable bonds is 8. The van der Waals surface area contributed by atoms with Gasteiger partial charge in [0.25, 0.3) is 0 Å². The van der Waals surface area contributed by atoms with Crippen LogP contribution in [0, 0.1) is 34.3 Å². The second kappa shape index (κ2) is 9.40. The van der Waals surface area contributed by atoms with Crippen LogP contribution >= 0.6 is 0 Å². The van der Waals surface area contributed by atoms with E-state index in [9.17, 15) is 8.78 Å². The molecule has 2 rings (SSSR count).